The van der Waals surface area contributed by atoms with Crippen molar-refractivity contribution in [3.05, 3.63) is 65.6 Å². The van der Waals surface area contributed by atoms with Crippen molar-refractivity contribution in [3.63, 3.8) is 0 Å². The minimum absolute atomic E-state index is 0.162. The Labute approximate surface area is 199 Å². The number of nitrogens with one attached hydrogen (secondary N) is 2. The molecule has 1 aromatic carbocycles. The van der Waals surface area contributed by atoms with Crippen LogP contribution in [0.15, 0.2) is 48.7 Å². The molecule has 0 atom stereocenters. The SMILES string of the molecule is O=C(Cc1cn2c(C(=O)NCC3(c4ccc(O)cc4)CCOCC3)cccc2n1)NCC(F)(F)F. The average Bonchev–Trinajstić information content (AvgIpc) is 3.24. The number of halogens is 3. The number of pyridine rings is 1. The molecule has 35 heavy (non-hydrogen) atoms. The minimum Gasteiger partial charge on any atom is -0.508 e. The fourth-order valence-electron chi connectivity index (χ4n) is 4.24. The molecule has 0 saturated carbocycles. The van der Waals surface area contributed by atoms with Gasteiger partial charge in [-0.25, -0.2) is 4.98 Å². The van der Waals surface area contributed by atoms with Crippen LogP contribution in [0.4, 0.5) is 13.2 Å². The third-order valence-corrected chi connectivity index (χ3v) is 6.12. The van der Waals surface area contributed by atoms with E-state index in [0.717, 1.165) is 5.56 Å². The molecule has 3 N–H and O–H groups in total. The van der Waals surface area contributed by atoms with Crippen LogP contribution in [0.5, 0.6) is 5.75 Å². The highest BCUT2D eigenvalue weighted by Crippen LogP contribution is 2.35. The van der Waals surface area contributed by atoms with Gasteiger partial charge in [0.25, 0.3) is 5.91 Å². The van der Waals surface area contributed by atoms with Gasteiger partial charge < -0.3 is 20.5 Å². The number of imidazole rings is 1. The van der Waals surface area contributed by atoms with E-state index in [4.69, 9.17) is 4.74 Å². The lowest BCUT2D eigenvalue weighted by molar-refractivity contribution is -0.138. The molecule has 4 rings (SSSR count). The maximum Gasteiger partial charge on any atom is 0.405 e. The van der Waals surface area contributed by atoms with Crippen molar-refractivity contribution in [2.45, 2.75) is 30.9 Å². The molecule has 2 aromatic heterocycles. The number of hydrogen-bond acceptors (Lipinski definition) is 5. The maximum atomic E-state index is 13.1. The van der Waals surface area contributed by atoms with E-state index < -0.39 is 18.6 Å². The van der Waals surface area contributed by atoms with E-state index in [9.17, 15) is 27.9 Å². The summed E-state index contributed by atoms with van der Waals surface area (Å²) in [4.78, 5) is 29.3. The van der Waals surface area contributed by atoms with Crippen LogP contribution >= 0.6 is 0 Å². The number of carbonyl (C=O) groups is 2. The lowest BCUT2D eigenvalue weighted by atomic mass is 9.74. The monoisotopic (exact) mass is 490 g/mol. The van der Waals surface area contributed by atoms with Crippen LogP contribution in [0.3, 0.4) is 0 Å². The first kappa shape index (κ1) is 24.5. The van der Waals surface area contributed by atoms with E-state index >= 15 is 0 Å². The summed E-state index contributed by atoms with van der Waals surface area (Å²) < 4.78 is 44.0. The highest BCUT2D eigenvalue weighted by molar-refractivity contribution is 5.93. The van der Waals surface area contributed by atoms with Gasteiger partial charge >= 0.3 is 6.18 Å². The zero-order valence-corrected chi connectivity index (χ0v) is 18.8. The molecule has 0 aliphatic carbocycles. The topological polar surface area (TPSA) is 105 Å². The maximum absolute atomic E-state index is 13.1. The number of hydrogen-bond donors (Lipinski definition) is 3. The van der Waals surface area contributed by atoms with Crippen molar-refractivity contribution in [2.24, 2.45) is 0 Å². The molecule has 1 aliphatic heterocycles. The zero-order valence-electron chi connectivity index (χ0n) is 18.8. The van der Waals surface area contributed by atoms with Crippen LogP contribution in [-0.4, -0.2) is 58.8 Å². The van der Waals surface area contributed by atoms with E-state index in [0.29, 0.717) is 38.2 Å². The predicted molar refractivity (Wildman–Crippen MR) is 120 cm³/mol. The fraction of sp³-hybridized carbons (Fsp3) is 0.375. The van der Waals surface area contributed by atoms with Crippen molar-refractivity contribution in [2.75, 3.05) is 26.3 Å². The summed E-state index contributed by atoms with van der Waals surface area (Å²) in [5, 5.41) is 14.5. The van der Waals surface area contributed by atoms with Crippen LogP contribution in [0.2, 0.25) is 0 Å². The predicted octanol–water partition coefficient (Wildman–Crippen LogP) is 2.74. The van der Waals surface area contributed by atoms with Crippen molar-refractivity contribution in [1.82, 2.24) is 20.0 Å². The number of phenolic OH excluding ortho intramolecular Hbond substituents is 1. The number of aromatic hydroxyl groups is 1. The lowest BCUT2D eigenvalue weighted by Crippen LogP contribution is -2.44. The summed E-state index contributed by atoms with van der Waals surface area (Å²) >= 11 is 0. The summed E-state index contributed by atoms with van der Waals surface area (Å²) in [5.74, 6) is -1.01. The standard InChI is InChI=1S/C24H25F3N4O4/c25-24(26,27)15-28-21(33)12-17-13-31-19(2-1-3-20(31)30-17)22(34)29-14-23(8-10-35-11-9-23)16-4-6-18(32)7-5-16/h1-7,13,32H,8-12,14-15H2,(H,28,33)(H,29,34). The van der Waals surface area contributed by atoms with Gasteiger partial charge in [-0.05, 0) is 42.7 Å². The first-order chi connectivity index (χ1) is 16.7. The molecular weight excluding hydrogens is 465 g/mol. The molecule has 0 spiro atoms. The molecule has 11 heteroatoms. The van der Waals surface area contributed by atoms with Gasteiger partial charge in [-0.15, -0.1) is 0 Å². The molecule has 8 nitrogen and oxygen atoms in total. The average molecular weight is 490 g/mol. The summed E-state index contributed by atoms with van der Waals surface area (Å²) in [6.07, 6.45) is -1.97. The number of benzene rings is 1. The molecule has 3 heterocycles. The number of nitrogens with zero attached hydrogens (tertiary/aromatic N) is 2. The quantitative estimate of drug-likeness (QED) is 0.473. The van der Waals surface area contributed by atoms with E-state index in [2.05, 4.69) is 10.3 Å². The highest BCUT2D eigenvalue weighted by Gasteiger charge is 2.35. The Kier molecular flexibility index (Phi) is 6.97. The molecule has 2 amide bonds. The van der Waals surface area contributed by atoms with E-state index in [1.165, 1.54) is 10.6 Å². The van der Waals surface area contributed by atoms with Gasteiger partial charge in [0.05, 0.1) is 12.1 Å². The second kappa shape index (κ2) is 9.95. The van der Waals surface area contributed by atoms with Crippen LogP contribution < -0.4 is 10.6 Å². The molecule has 0 radical (unpaired) electrons. The summed E-state index contributed by atoms with van der Waals surface area (Å²) in [6.45, 7) is 0.0274. The number of rotatable bonds is 7. The summed E-state index contributed by atoms with van der Waals surface area (Å²) in [6, 6.07) is 11.8. The van der Waals surface area contributed by atoms with E-state index in [-0.39, 0.29) is 34.9 Å². The molecule has 3 aromatic rings. The zero-order chi connectivity index (χ0) is 25.1. The summed E-state index contributed by atoms with van der Waals surface area (Å²) in [5.41, 5.74) is 1.56. The Hall–Kier alpha value is -3.60. The van der Waals surface area contributed by atoms with Crippen molar-refractivity contribution in [3.8, 4) is 5.75 Å². The second-order valence-corrected chi connectivity index (χ2v) is 8.56. The molecule has 1 fully saturated rings. The fourth-order valence-corrected chi connectivity index (χ4v) is 4.24. The number of phenols is 1. The number of alkyl halides is 3. The van der Waals surface area contributed by atoms with Gasteiger partial charge in [-0.1, -0.05) is 18.2 Å². The van der Waals surface area contributed by atoms with Gasteiger partial charge in [0.15, 0.2) is 0 Å². The van der Waals surface area contributed by atoms with Crippen LogP contribution in [0.25, 0.3) is 5.65 Å². The van der Waals surface area contributed by atoms with Crippen LogP contribution in [-0.2, 0) is 21.4 Å². The Morgan fingerprint density at radius 1 is 1.09 bits per heavy atom. The molecule has 1 aliphatic rings. The van der Waals surface area contributed by atoms with Crippen LogP contribution in [0, 0.1) is 0 Å². The lowest BCUT2D eigenvalue weighted by Gasteiger charge is -2.38. The number of aromatic nitrogens is 2. The molecular formula is C24H25F3N4O4. The van der Waals surface area contributed by atoms with Crippen molar-refractivity contribution < 1.29 is 32.6 Å². The van der Waals surface area contributed by atoms with Gasteiger partial charge in [-0.3, -0.25) is 14.0 Å². The number of amides is 2. The molecule has 0 bridgehead atoms. The number of fused-ring (bicyclic) bond motifs is 1. The molecule has 186 valence electrons. The van der Waals surface area contributed by atoms with Gasteiger partial charge in [0.1, 0.15) is 23.6 Å². The van der Waals surface area contributed by atoms with Gasteiger partial charge in [0.2, 0.25) is 5.91 Å². The smallest absolute Gasteiger partial charge is 0.405 e. The highest BCUT2D eigenvalue weighted by atomic mass is 19.4. The van der Waals surface area contributed by atoms with Crippen LogP contribution in [0.1, 0.15) is 34.6 Å². The third kappa shape index (κ3) is 5.91. The number of ether oxygens (including phenoxy) is 1. The van der Waals surface area contributed by atoms with E-state index in [1.807, 2.05) is 17.4 Å². The van der Waals surface area contributed by atoms with Gasteiger partial charge in [0, 0.05) is 31.4 Å². The minimum atomic E-state index is -4.50. The first-order valence-electron chi connectivity index (χ1n) is 11.1. The Balaban J connectivity index is 1.49. The van der Waals surface area contributed by atoms with E-state index in [1.54, 1.807) is 30.3 Å². The summed E-state index contributed by atoms with van der Waals surface area (Å²) in [7, 11) is 0. The van der Waals surface area contributed by atoms with Gasteiger partial charge in [-0.2, -0.15) is 13.2 Å². The molecule has 1 saturated heterocycles. The molecule has 0 unspecified atom stereocenters. The second-order valence-electron chi connectivity index (χ2n) is 8.56. The Morgan fingerprint density at radius 2 is 1.80 bits per heavy atom. The third-order valence-electron chi connectivity index (χ3n) is 6.12. The number of carbonyl (C=O) groups excluding carboxylic acids is 2. The normalized spacial score (nSPS) is 15.6. The largest absolute Gasteiger partial charge is 0.508 e. The first-order valence-corrected chi connectivity index (χ1v) is 11.1. The Bertz CT molecular complexity index is 1200. The van der Waals surface area contributed by atoms with Crippen molar-refractivity contribution >= 4 is 17.5 Å². The van der Waals surface area contributed by atoms with Crippen molar-refractivity contribution in [1.29, 1.82) is 0 Å². The Morgan fingerprint density at radius 3 is 2.49 bits per heavy atom.